The molecule has 1 atom stereocenters. The van der Waals surface area contributed by atoms with Crippen LogP contribution in [0.5, 0.6) is 0 Å². The summed E-state index contributed by atoms with van der Waals surface area (Å²) >= 11 is 0. The van der Waals surface area contributed by atoms with Gasteiger partial charge in [0.25, 0.3) is 12.3 Å². The molecule has 30 heavy (non-hydrogen) atoms. The molecule has 0 aliphatic carbocycles. The number of rotatable bonds is 8. The number of hydrogen-bond donors (Lipinski definition) is 2. The Morgan fingerprint density at radius 2 is 2.07 bits per heavy atom. The fourth-order valence-electron chi connectivity index (χ4n) is 3.31. The summed E-state index contributed by atoms with van der Waals surface area (Å²) in [6.45, 7) is 5.50. The van der Waals surface area contributed by atoms with E-state index in [1.807, 2.05) is 20.8 Å². The van der Waals surface area contributed by atoms with E-state index in [-0.39, 0.29) is 48.9 Å². The number of carbonyl (C=O) groups is 2. The van der Waals surface area contributed by atoms with Crippen molar-refractivity contribution in [3.8, 4) is 0 Å². The van der Waals surface area contributed by atoms with E-state index >= 15 is 0 Å². The highest BCUT2D eigenvalue weighted by Gasteiger charge is 2.30. The van der Waals surface area contributed by atoms with Gasteiger partial charge in [-0.25, -0.2) is 13.2 Å². The molecular formula is C20H29F3N4O3. The summed E-state index contributed by atoms with van der Waals surface area (Å²) in [6.07, 6.45) is -2.63. The quantitative estimate of drug-likeness (QED) is 0.659. The van der Waals surface area contributed by atoms with Crippen LogP contribution in [0, 0.1) is 11.2 Å². The summed E-state index contributed by atoms with van der Waals surface area (Å²) in [5.41, 5.74) is 5.61. The molecule has 7 nitrogen and oxygen atoms in total. The van der Waals surface area contributed by atoms with Crippen LogP contribution >= 0.6 is 0 Å². The maximum atomic E-state index is 14.6. The van der Waals surface area contributed by atoms with Crippen LogP contribution in [0.1, 0.15) is 20.8 Å². The molecule has 1 aliphatic rings. The van der Waals surface area contributed by atoms with Crippen molar-refractivity contribution in [2.45, 2.75) is 33.2 Å². The first-order chi connectivity index (χ1) is 14.0. The van der Waals surface area contributed by atoms with Gasteiger partial charge in [-0.1, -0.05) is 20.8 Å². The van der Waals surface area contributed by atoms with Crippen molar-refractivity contribution in [3.05, 3.63) is 24.0 Å². The van der Waals surface area contributed by atoms with Crippen molar-refractivity contribution < 1.29 is 27.5 Å². The minimum absolute atomic E-state index is 0.0868. The molecule has 168 valence electrons. The molecule has 0 aromatic heterocycles. The molecule has 1 fully saturated rings. The third-order valence-corrected chi connectivity index (χ3v) is 4.51. The van der Waals surface area contributed by atoms with Gasteiger partial charge in [0, 0.05) is 25.3 Å². The number of hydrogen-bond acceptors (Lipinski definition) is 5. The summed E-state index contributed by atoms with van der Waals surface area (Å²) in [7, 11) is 0. The molecule has 2 amide bonds. The molecule has 0 radical (unpaired) electrons. The predicted octanol–water partition coefficient (Wildman–Crippen LogP) is 2.07. The topological polar surface area (TPSA) is 87.9 Å². The zero-order valence-corrected chi connectivity index (χ0v) is 17.5. The standard InChI is InChI=1S/C20H29F3N4O3/c1-20(2,3)12-26(10-17(22)23)16(9-24)19(29)25-13-4-5-15(14(21)8-13)27-6-7-30-11-18(27)28/h4-5,8,16-17H,6-7,9-12,24H2,1-3H3,(H,25,29)/t16-/m1/s1. The zero-order chi connectivity index (χ0) is 22.5. The molecule has 3 N–H and O–H groups in total. The largest absolute Gasteiger partial charge is 0.370 e. The molecule has 1 aromatic carbocycles. The van der Waals surface area contributed by atoms with E-state index in [1.165, 1.54) is 21.9 Å². The number of morpholine rings is 1. The van der Waals surface area contributed by atoms with Crippen molar-refractivity contribution in [2.75, 3.05) is 49.6 Å². The van der Waals surface area contributed by atoms with Crippen LogP contribution in [0.25, 0.3) is 0 Å². The van der Waals surface area contributed by atoms with Crippen LogP contribution in [0.3, 0.4) is 0 Å². The van der Waals surface area contributed by atoms with Gasteiger partial charge < -0.3 is 20.7 Å². The lowest BCUT2D eigenvalue weighted by Crippen LogP contribution is -2.52. The lowest BCUT2D eigenvalue weighted by molar-refractivity contribution is -0.126. The normalized spacial score (nSPS) is 16.3. The third-order valence-electron chi connectivity index (χ3n) is 4.51. The van der Waals surface area contributed by atoms with E-state index in [4.69, 9.17) is 10.5 Å². The molecule has 0 spiro atoms. The number of ether oxygens (including phenoxy) is 1. The average molecular weight is 430 g/mol. The lowest BCUT2D eigenvalue weighted by atomic mass is 9.95. The molecule has 2 rings (SSSR count). The number of halogens is 3. The highest BCUT2D eigenvalue weighted by molar-refractivity contribution is 5.97. The van der Waals surface area contributed by atoms with Crippen molar-refractivity contribution in [3.63, 3.8) is 0 Å². The Balaban J connectivity index is 2.15. The van der Waals surface area contributed by atoms with Gasteiger partial charge in [0.2, 0.25) is 5.91 Å². The summed E-state index contributed by atoms with van der Waals surface area (Å²) in [6, 6.07) is 2.93. The van der Waals surface area contributed by atoms with Crippen molar-refractivity contribution in [2.24, 2.45) is 11.1 Å². The van der Waals surface area contributed by atoms with E-state index in [9.17, 15) is 22.8 Å². The third kappa shape index (κ3) is 6.68. The fourth-order valence-corrected chi connectivity index (χ4v) is 3.31. The van der Waals surface area contributed by atoms with Crippen LogP contribution in [-0.2, 0) is 14.3 Å². The van der Waals surface area contributed by atoms with Crippen LogP contribution < -0.4 is 16.0 Å². The highest BCUT2D eigenvalue weighted by atomic mass is 19.3. The number of benzene rings is 1. The molecule has 0 bridgehead atoms. The lowest BCUT2D eigenvalue weighted by Gasteiger charge is -2.34. The van der Waals surface area contributed by atoms with Crippen molar-refractivity contribution in [1.29, 1.82) is 0 Å². The first-order valence-electron chi connectivity index (χ1n) is 9.72. The van der Waals surface area contributed by atoms with Gasteiger partial charge in [0.05, 0.1) is 18.8 Å². The highest BCUT2D eigenvalue weighted by Crippen LogP contribution is 2.25. The van der Waals surface area contributed by atoms with E-state index in [0.717, 1.165) is 6.07 Å². The molecule has 1 heterocycles. The van der Waals surface area contributed by atoms with E-state index < -0.39 is 30.7 Å². The molecule has 10 heteroatoms. The van der Waals surface area contributed by atoms with Crippen LogP contribution in [0.15, 0.2) is 18.2 Å². The summed E-state index contributed by atoms with van der Waals surface area (Å²) < 4.78 is 45.7. The van der Waals surface area contributed by atoms with Gasteiger partial charge in [-0.15, -0.1) is 0 Å². The van der Waals surface area contributed by atoms with Crippen LogP contribution in [0.2, 0.25) is 0 Å². The van der Waals surface area contributed by atoms with Gasteiger partial charge in [0.1, 0.15) is 18.5 Å². The predicted molar refractivity (Wildman–Crippen MR) is 108 cm³/mol. The van der Waals surface area contributed by atoms with Crippen molar-refractivity contribution >= 4 is 23.2 Å². The second kappa shape index (κ2) is 10.2. The molecule has 1 aliphatic heterocycles. The number of nitrogens with one attached hydrogen (secondary N) is 1. The van der Waals surface area contributed by atoms with Gasteiger partial charge in [-0.05, 0) is 23.6 Å². The first kappa shape index (κ1) is 24.1. The SMILES string of the molecule is CC(C)(C)CN(CC(F)F)[C@H](CN)C(=O)Nc1ccc(N2CCOCC2=O)c(F)c1. The summed E-state index contributed by atoms with van der Waals surface area (Å²) in [5.74, 6) is -1.64. The van der Waals surface area contributed by atoms with Crippen LogP contribution in [-0.4, -0.2) is 68.6 Å². The maximum Gasteiger partial charge on any atom is 0.253 e. The Kier molecular flexibility index (Phi) is 8.22. The van der Waals surface area contributed by atoms with Gasteiger partial charge in [-0.3, -0.25) is 14.5 Å². The Morgan fingerprint density at radius 3 is 2.60 bits per heavy atom. The fraction of sp³-hybridized carbons (Fsp3) is 0.600. The van der Waals surface area contributed by atoms with Gasteiger partial charge >= 0.3 is 0 Å². The molecule has 1 aromatic rings. The maximum absolute atomic E-state index is 14.6. The molecular weight excluding hydrogens is 401 g/mol. The number of nitrogens with zero attached hydrogens (tertiary/aromatic N) is 2. The summed E-state index contributed by atoms with van der Waals surface area (Å²) in [4.78, 5) is 27.2. The van der Waals surface area contributed by atoms with E-state index in [2.05, 4.69) is 5.32 Å². The Hall–Kier alpha value is -2.17. The first-order valence-corrected chi connectivity index (χ1v) is 9.72. The van der Waals surface area contributed by atoms with Crippen molar-refractivity contribution in [1.82, 2.24) is 4.90 Å². The van der Waals surface area contributed by atoms with Crippen LogP contribution in [0.4, 0.5) is 24.5 Å². The Labute approximate surface area is 174 Å². The Morgan fingerprint density at radius 1 is 1.37 bits per heavy atom. The minimum Gasteiger partial charge on any atom is -0.370 e. The Bertz CT molecular complexity index is 755. The number of anilines is 2. The second-order valence-electron chi connectivity index (χ2n) is 8.39. The number of amides is 2. The average Bonchev–Trinajstić information content (AvgIpc) is 2.61. The number of nitrogens with two attached hydrogens (primary N) is 1. The second-order valence-corrected chi connectivity index (χ2v) is 8.39. The molecule has 0 unspecified atom stereocenters. The smallest absolute Gasteiger partial charge is 0.253 e. The monoisotopic (exact) mass is 430 g/mol. The van der Waals surface area contributed by atoms with Gasteiger partial charge in [0.15, 0.2) is 0 Å². The van der Waals surface area contributed by atoms with Gasteiger partial charge in [-0.2, -0.15) is 0 Å². The minimum atomic E-state index is -2.63. The zero-order valence-electron chi connectivity index (χ0n) is 17.5. The number of carbonyl (C=O) groups excluding carboxylic acids is 2. The number of alkyl halides is 2. The molecule has 0 saturated carbocycles. The van der Waals surface area contributed by atoms with E-state index in [1.54, 1.807) is 0 Å². The van der Waals surface area contributed by atoms with E-state index in [0.29, 0.717) is 6.61 Å². The summed E-state index contributed by atoms with van der Waals surface area (Å²) in [5, 5.41) is 2.54. The molecule has 1 saturated heterocycles.